The third-order valence-electron chi connectivity index (χ3n) is 2.45. The van der Waals surface area contributed by atoms with Crippen molar-refractivity contribution in [2.75, 3.05) is 30.0 Å². The minimum absolute atomic E-state index is 0.369. The normalized spacial score (nSPS) is 13.9. The van der Waals surface area contributed by atoms with Crippen molar-refractivity contribution in [1.82, 2.24) is 9.55 Å². The molecule has 1 aliphatic heterocycles. The van der Waals surface area contributed by atoms with Crippen molar-refractivity contribution in [3.8, 4) is 0 Å². The lowest BCUT2D eigenvalue weighted by Crippen LogP contribution is -2.34. The molecule has 0 aliphatic carbocycles. The Bertz CT molecular complexity index is 489. The summed E-state index contributed by atoms with van der Waals surface area (Å²) in [6.45, 7) is 1.55. The van der Waals surface area contributed by atoms with Crippen molar-refractivity contribution in [2.45, 2.75) is 0 Å². The minimum Gasteiger partial charge on any atom is -0.352 e. The summed E-state index contributed by atoms with van der Waals surface area (Å²) in [5.41, 5.74) is 5.14. The monoisotopic (exact) mass is 211 g/mol. The van der Waals surface area contributed by atoms with E-state index in [1.807, 2.05) is 4.90 Å². The summed E-state index contributed by atoms with van der Waals surface area (Å²) < 4.78 is 1.38. The maximum atomic E-state index is 11.6. The SMILES string of the molecule is Cn1c2c(c(=O)[nH]c1=O)N(CCN)CN2. The van der Waals surface area contributed by atoms with Crippen LogP contribution in [0.1, 0.15) is 0 Å². The number of aromatic amines is 1. The fourth-order valence-corrected chi connectivity index (χ4v) is 1.70. The van der Waals surface area contributed by atoms with E-state index in [9.17, 15) is 9.59 Å². The van der Waals surface area contributed by atoms with Gasteiger partial charge in [0.25, 0.3) is 5.56 Å². The zero-order valence-electron chi connectivity index (χ0n) is 8.41. The van der Waals surface area contributed by atoms with Crippen LogP contribution in [-0.2, 0) is 7.05 Å². The van der Waals surface area contributed by atoms with Crippen molar-refractivity contribution < 1.29 is 0 Å². The van der Waals surface area contributed by atoms with Gasteiger partial charge in [-0.2, -0.15) is 0 Å². The summed E-state index contributed by atoms with van der Waals surface area (Å²) in [5, 5.41) is 3.00. The third-order valence-corrected chi connectivity index (χ3v) is 2.45. The molecule has 15 heavy (non-hydrogen) atoms. The molecule has 1 aliphatic rings. The average Bonchev–Trinajstić information content (AvgIpc) is 2.59. The number of H-pyrrole nitrogens is 1. The highest BCUT2D eigenvalue weighted by atomic mass is 16.2. The van der Waals surface area contributed by atoms with Gasteiger partial charge in [0.15, 0.2) is 0 Å². The van der Waals surface area contributed by atoms with E-state index in [0.29, 0.717) is 31.3 Å². The van der Waals surface area contributed by atoms with Gasteiger partial charge in [0, 0.05) is 20.1 Å². The molecule has 7 nitrogen and oxygen atoms in total. The first-order chi connectivity index (χ1) is 7.15. The lowest BCUT2D eigenvalue weighted by Gasteiger charge is -2.14. The molecular formula is C8H13N5O2. The Hall–Kier alpha value is -1.76. The Morgan fingerprint density at radius 2 is 2.20 bits per heavy atom. The number of nitrogens with one attached hydrogen (secondary N) is 2. The van der Waals surface area contributed by atoms with Crippen LogP contribution in [0.15, 0.2) is 9.59 Å². The molecule has 7 heteroatoms. The number of fused-ring (bicyclic) bond motifs is 1. The summed E-state index contributed by atoms with van der Waals surface area (Å²) >= 11 is 0. The second-order valence-corrected chi connectivity index (χ2v) is 3.40. The second kappa shape index (κ2) is 3.43. The lowest BCUT2D eigenvalue weighted by molar-refractivity contribution is 0.810. The van der Waals surface area contributed by atoms with Crippen LogP contribution in [-0.4, -0.2) is 29.3 Å². The van der Waals surface area contributed by atoms with Crippen LogP contribution in [0, 0.1) is 0 Å². The van der Waals surface area contributed by atoms with Crippen molar-refractivity contribution >= 4 is 11.5 Å². The van der Waals surface area contributed by atoms with Crippen molar-refractivity contribution in [3.05, 3.63) is 20.8 Å². The topological polar surface area (TPSA) is 96.2 Å². The summed E-state index contributed by atoms with van der Waals surface area (Å²) in [6, 6.07) is 0. The number of rotatable bonds is 2. The molecule has 0 saturated carbocycles. The molecule has 0 atom stereocenters. The zero-order chi connectivity index (χ0) is 11.0. The van der Waals surface area contributed by atoms with Gasteiger partial charge in [-0.15, -0.1) is 0 Å². The van der Waals surface area contributed by atoms with Crippen molar-refractivity contribution in [3.63, 3.8) is 0 Å². The number of nitrogens with zero attached hydrogens (tertiary/aromatic N) is 2. The molecule has 0 aromatic carbocycles. The zero-order valence-corrected chi connectivity index (χ0v) is 8.41. The Morgan fingerprint density at radius 1 is 1.47 bits per heavy atom. The number of hydrogen-bond acceptors (Lipinski definition) is 5. The molecule has 1 aromatic rings. The second-order valence-electron chi connectivity index (χ2n) is 3.40. The number of hydrogen-bond donors (Lipinski definition) is 3. The van der Waals surface area contributed by atoms with Crippen LogP contribution in [0.3, 0.4) is 0 Å². The molecule has 0 fully saturated rings. The fourth-order valence-electron chi connectivity index (χ4n) is 1.70. The average molecular weight is 211 g/mol. The first kappa shape index (κ1) is 9.78. The molecule has 2 rings (SSSR count). The highest BCUT2D eigenvalue weighted by molar-refractivity contribution is 5.70. The Balaban J connectivity index is 2.59. The molecule has 0 radical (unpaired) electrons. The van der Waals surface area contributed by atoms with Crippen molar-refractivity contribution in [2.24, 2.45) is 12.8 Å². The fraction of sp³-hybridized carbons (Fsp3) is 0.500. The Labute approximate surface area is 85.5 Å². The molecule has 82 valence electrons. The molecule has 1 aromatic heterocycles. The van der Waals surface area contributed by atoms with Gasteiger partial charge in [-0.05, 0) is 0 Å². The van der Waals surface area contributed by atoms with Crippen LogP contribution >= 0.6 is 0 Å². The molecular weight excluding hydrogens is 198 g/mol. The van der Waals surface area contributed by atoms with Gasteiger partial charge in [0.05, 0.1) is 6.67 Å². The van der Waals surface area contributed by atoms with Crippen LogP contribution in [0.25, 0.3) is 0 Å². The summed E-state index contributed by atoms with van der Waals surface area (Å²) in [6.07, 6.45) is 0. The van der Waals surface area contributed by atoms with Crippen LogP contribution in [0.5, 0.6) is 0 Å². The quantitative estimate of drug-likeness (QED) is 0.537. The third kappa shape index (κ3) is 1.40. The molecule has 0 bridgehead atoms. The van der Waals surface area contributed by atoms with E-state index in [1.165, 1.54) is 4.57 Å². The van der Waals surface area contributed by atoms with Gasteiger partial charge in [0.1, 0.15) is 11.5 Å². The summed E-state index contributed by atoms with van der Waals surface area (Å²) in [4.78, 5) is 26.9. The predicted octanol–water partition coefficient (Wildman–Crippen LogP) is -1.78. The van der Waals surface area contributed by atoms with Gasteiger partial charge in [-0.1, -0.05) is 0 Å². The smallest absolute Gasteiger partial charge is 0.329 e. The van der Waals surface area contributed by atoms with Gasteiger partial charge in [0.2, 0.25) is 0 Å². The van der Waals surface area contributed by atoms with Gasteiger partial charge < -0.3 is 16.0 Å². The molecule has 4 N–H and O–H groups in total. The van der Waals surface area contributed by atoms with E-state index in [0.717, 1.165) is 0 Å². The van der Waals surface area contributed by atoms with Crippen LogP contribution < -0.4 is 27.2 Å². The number of aromatic nitrogens is 2. The summed E-state index contributed by atoms with van der Waals surface area (Å²) in [7, 11) is 1.61. The van der Waals surface area contributed by atoms with E-state index < -0.39 is 5.69 Å². The van der Waals surface area contributed by atoms with E-state index >= 15 is 0 Å². The van der Waals surface area contributed by atoms with Crippen molar-refractivity contribution in [1.29, 1.82) is 0 Å². The van der Waals surface area contributed by atoms with E-state index in [2.05, 4.69) is 10.3 Å². The first-order valence-corrected chi connectivity index (χ1v) is 4.67. The highest BCUT2D eigenvalue weighted by Gasteiger charge is 2.24. The molecule has 0 amide bonds. The predicted molar refractivity (Wildman–Crippen MR) is 57.2 cm³/mol. The summed E-state index contributed by atoms with van der Waals surface area (Å²) in [5.74, 6) is 0.553. The highest BCUT2D eigenvalue weighted by Crippen LogP contribution is 2.23. The standard InChI is InChI=1S/C8H13N5O2/c1-12-6-5(7(14)11-8(12)15)13(3-2-9)4-10-6/h10H,2-4,9H2,1H3,(H,11,14,15). The molecule has 2 heterocycles. The first-order valence-electron chi connectivity index (χ1n) is 4.67. The van der Waals surface area contributed by atoms with Crippen LogP contribution in [0.2, 0.25) is 0 Å². The Morgan fingerprint density at radius 3 is 2.87 bits per heavy atom. The molecule has 0 saturated heterocycles. The van der Waals surface area contributed by atoms with E-state index in [-0.39, 0.29) is 5.56 Å². The van der Waals surface area contributed by atoms with Gasteiger partial charge in [-0.3, -0.25) is 14.3 Å². The lowest BCUT2D eigenvalue weighted by atomic mass is 10.4. The molecule has 0 unspecified atom stereocenters. The van der Waals surface area contributed by atoms with Gasteiger partial charge in [-0.25, -0.2) is 4.79 Å². The van der Waals surface area contributed by atoms with Crippen LogP contribution in [0.4, 0.5) is 11.5 Å². The van der Waals surface area contributed by atoms with E-state index in [4.69, 9.17) is 5.73 Å². The maximum Gasteiger partial charge on any atom is 0.329 e. The number of nitrogens with two attached hydrogens (primary N) is 1. The Kier molecular flexibility index (Phi) is 2.24. The van der Waals surface area contributed by atoms with Gasteiger partial charge >= 0.3 is 5.69 Å². The molecule has 0 spiro atoms. The maximum absolute atomic E-state index is 11.6. The minimum atomic E-state index is -0.416. The largest absolute Gasteiger partial charge is 0.352 e. The number of anilines is 2. The van der Waals surface area contributed by atoms with E-state index in [1.54, 1.807) is 7.05 Å².